The summed E-state index contributed by atoms with van der Waals surface area (Å²) in [5, 5.41) is 21.5. The Balaban J connectivity index is 1.17. The van der Waals surface area contributed by atoms with E-state index in [1.165, 1.54) is 16.3 Å². The molecular formula is C43H56N8O8S2. The van der Waals surface area contributed by atoms with Crippen LogP contribution in [0.2, 0.25) is 0 Å². The van der Waals surface area contributed by atoms with Gasteiger partial charge in [0.1, 0.15) is 34.0 Å². The highest BCUT2D eigenvalue weighted by Gasteiger charge is 2.54. The molecule has 3 amide bonds. The molecule has 6 rings (SSSR count). The number of rotatable bonds is 15. The van der Waals surface area contributed by atoms with Crippen LogP contribution in [0.3, 0.4) is 0 Å². The zero-order valence-electron chi connectivity index (χ0n) is 35.7. The second kappa shape index (κ2) is 19.3. The lowest BCUT2D eigenvalue weighted by Gasteiger charge is -2.46. The largest absolute Gasteiger partial charge is 0.496 e. The SMILES string of the molecule is COc1cc(C)c(S(=O)ONC(N)=NCCCC(NC(=O)[C@@H]2CCN3CCC(Cc4ccccc4)(NC(=O)OC(C)(C)C)C(=O)N23)C(O)c2nc3ccccc3s2)c(C)c1C. The molecule has 2 saturated heterocycles. The van der Waals surface area contributed by atoms with Gasteiger partial charge in [-0.25, -0.2) is 24.5 Å². The molecule has 1 aromatic heterocycles. The topological polar surface area (TPSA) is 210 Å². The van der Waals surface area contributed by atoms with Gasteiger partial charge in [0.05, 0.1) is 28.3 Å². The van der Waals surface area contributed by atoms with Crippen molar-refractivity contribution in [3.8, 4) is 5.75 Å². The summed E-state index contributed by atoms with van der Waals surface area (Å²) in [6.07, 6.45) is -0.427. The smallest absolute Gasteiger partial charge is 0.408 e. The highest BCUT2D eigenvalue weighted by atomic mass is 32.2. The van der Waals surface area contributed by atoms with Gasteiger partial charge >= 0.3 is 6.09 Å². The van der Waals surface area contributed by atoms with E-state index in [2.05, 4.69) is 26.1 Å². The number of fused-ring (bicyclic) bond motifs is 2. The number of aliphatic hydroxyl groups excluding tert-OH is 1. The minimum atomic E-state index is -1.91. The number of para-hydroxylation sites is 1. The number of nitrogens with zero attached hydrogens (tertiary/aromatic N) is 4. The number of aliphatic hydroxyl groups is 1. The fraction of sp³-hybridized carbons (Fsp3) is 0.465. The number of carbonyl (C=O) groups is 3. The maximum absolute atomic E-state index is 14.7. The Morgan fingerprint density at radius 3 is 2.52 bits per heavy atom. The van der Waals surface area contributed by atoms with E-state index in [1.807, 2.05) is 80.4 Å². The van der Waals surface area contributed by atoms with Gasteiger partial charge in [0.2, 0.25) is 22.9 Å². The molecule has 3 aromatic carbocycles. The predicted octanol–water partition coefficient (Wildman–Crippen LogP) is 4.82. The molecule has 0 spiro atoms. The van der Waals surface area contributed by atoms with Crippen molar-refractivity contribution in [2.75, 3.05) is 26.7 Å². The molecule has 61 heavy (non-hydrogen) atoms. The number of hydrogen-bond donors (Lipinski definition) is 5. The second-order valence-electron chi connectivity index (χ2n) is 16.4. The van der Waals surface area contributed by atoms with E-state index < -0.39 is 58.3 Å². The Bertz CT molecular complexity index is 2250. The average molecular weight is 877 g/mol. The molecule has 328 valence electrons. The third kappa shape index (κ3) is 10.7. The van der Waals surface area contributed by atoms with E-state index in [4.69, 9.17) is 19.5 Å². The van der Waals surface area contributed by atoms with Crippen molar-refractivity contribution >= 4 is 56.5 Å². The first-order chi connectivity index (χ1) is 29.0. The van der Waals surface area contributed by atoms with Crippen LogP contribution in [0.5, 0.6) is 5.75 Å². The number of nitrogens with two attached hydrogens (primary N) is 1. The number of ether oxygens (including phenoxy) is 2. The number of hydrogen-bond acceptors (Lipinski definition) is 12. The third-order valence-electron chi connectivity index (χ3n) is 10.9. The Morgan fingerprint density at radius 2 is 1.82 bits per heavy atom. The van der Waals surface area contributed by atoms with E-state index in [0.717, 1.165) is 32.5 Å². The molecule has 0 radical (unpaired) electrons. The van der Waals surface area contributed by atoms with Crippen molar-refractivity contribution in [1.29, 1.82) is 0 Å². The van der Waals surface area contributed by atoms with Gasteiger partial charge in [0.25, 0.3) is 5.91 Å². The van der Waals surface area contributed by atoms with Crippen molar-refractivity contribution in [3.63, 3.8) is 0 Å². The molecule has 3 heterocycles. The Morgan fingerprint density at radius 1 is 1.10 bits per heavy atom. The summed E-state index contributed by atoms with van der Waals surface area (Å²) in [5.74, 6) is -0.281. The molecular weight excluding hydrogens is 821 g/mol. The number of benzene rings is 3. The first-order valence-corrected chi connectivity index (χ1v) is 22.2. The van der Waals surface area contributed by atoms with E-state index in [-0.39, 0.29) is 25.3 Å². The lowest BCUT2D eigenvalue weighted by atomic mass is 9.84. The summed E-state index contributed by atoms with van der Waals surface area (Å²) in [6.45, 7) is 11.8. The van der Waals surface area contributed by atoms with Crippen LogP contribution in [0.1, 0.15) is 79.8 Å². The number of hydrazine groups is 1. The number of carbonyl (C=O) groups excluding carboxylic acids is 3. The van der Waals surface area contributed by atoms with Gasteiger partial charge in [0.15, 0.2) is 0 Å². The van der Waals surface area contributed by atoms with Gasteiger partial charge in [0, 0.05) is 26.1 Å². The monoisotopic (exact) mass is 876 g/mol. The summed E-state index contributed by atoms with van der Waals surface area (Å²) < 4.78 is 30.4. The lowest BCUT2D eigenvalue weighted by Crippen LogP contribution is -2.70. The highest BCUT2D eigenvalue weighted by molar-refractivity contribution is 7.80. The first kappa shape index (κ1) is 45.4. The van der Waals surface area contributed by atoms with Crippen LogP contribution in [0.15, 0.2) is 70.6 Å². The fourth-order valence-electron chi connectivity index (χ4n) is 7.78. The lowest BCUT2D eigenvalue weighted by molar-refractivity contribution is -0.167. The maximum atomic E-state index is 14.7. The number of alkyl carbamates (subject to hydrolysis) is 1. The number of nitrogens with one attached hydrogen (secondary N) is 3. The molecule has 16 nitrogen and oxygen atoms in total. The van der Waals surface area contributed by atoms with Gasteiger partial charge in [-0.15, -0.1) is 11.3 Å². The predicted molar refractivity (Wildman–Crippen MR) is 234 cm³/mol. The van der Waals surface area contributed by atoms with Crippen molar-refractivity contribution in [1.82, 2.24) is 31.1 Å². The summed E-state index contributed by atoms with van der Waals surface area (Å²) in [5.41, 5.74) is 10.3. The van der Waals surface area contributed by atoms with Crippen LogP contribution in [0.4, 0.5) is 4.79 Å². The van der Waals surface area contributed by atoms with Crippen molar-refractivity contribution in [2.24, 2.45) is 10.7 Å². The standard InChI is InChI=1S/C43H56N8O8S2/c1-26-24-33(57-7)27(2)28(3)36(26)61(56)59-49-40(44)45-21-13-17-31(35(52)38-47-30-16-11-12-18-34(30)60-38)46-37(53)32-19-22-50-23-20-43(39(54)51(32)50,25-29-14-9-8-10-15-29)48-41(55)58-42(4,5)6/h8-12,14-16,18,24,31-32,35,52H,13,17,19-23,25H2,1-7H3,(H,46,53)(H,48,55)(H3,44,45,49)/t31?,32-,35?,43?,61?/m0/s1. The second-order valence-corrected chi connectivity index (χ2v) is 18.5. The quantitative estimate of drug-likeness (QED) is 0.0472. The number of amides is 3. The van der Waals surface area contributed by atoms with Gasteiger partial charge < -0.3 is 30.9 Å². The molecule has 2 fully saturated rings. The van der Waals surface area contributed by atoms with E-state index >= 15 is 0 Å². The first-order valence-electron chi connectivity index (χ1n) is 20.3. The number of hydroxylamine groups is 1. The van der Waals surface area contributed by atoms with E-state index in [1.54, 1.807) is 33.9 Å². The van der Waals surface area contributed by atoms with E-state index in [9.17, 15) is 23.7 Å². The third-order valence-corrected chi connectivity index (χ3v) is 13.2. The van der Waals surface area contributed by atoms with Crippen molar-refractivity contribution in [3.05, 3.63) is 87.9 Å². The summed E-state index contributed by atoms with van der Waals surface area (Å²) >= 11 is -0.575. The van der Waals surface area contributed by atoms with Crippen LogP contribution in [0, 0.1) is 20.8 Å². The molecule has 6 N–H and O–H groups in total. The summed E-state index contributed by atoms with van der Waals surface area (Å²) in [7, 11) is 1.58. The molecule has 4 aromatic rings. The molecule has 4 unspecified atom stereocenters. The number of aliphatic imine (C=N–C) groups is 1. The van der Waals surface area contributed by atoms with Crippen LogP contribution >= 0.6 is 11.3 Å². The van der Waals surface area contributed by atoms with Crippen LogP contribution in [0.25, 0.3) is 10.2 Å². The molecule has 2 aliphatic rings. The van der Waals surface area contributed by atoms with Gasteiger partial charge in [-0.1, -0.05) is 42.5 Å². The van der Waals surface area contributed by atoms with Crippen molar-refractivity contribution < 1.29 is 37.5 Å². The molecule has 5 atom stereocenters. The molecule has 18 heteroatoms. The molecule has 0 saturated carbocycles. The minimum absolute atomic E-state index is 0.102. The number of methoxy groups -OCH3 is 1. The number of thiazole rings is 1. The number of guanidine groups is 1. The van der Waals surface area contributed by atoms with Crippen LogP contribution in [-0.4, -0.2) is 98.2 Å². The van der Waals surface area contributed by atoms with Crippen LogP contribution < -0.4 is 26.6 Å². The highest BCUT2D eigenvalue weighted by Crippen LogP contribution is 2.35. The average Bonchev–Trinajstić information content (AvgIpc) is 3.86. The van der Waals surface area contributed by atoms with Crippen molar-refractivity contribution in [2.45, 2.75) is 108 Å². The Labute approximate surface area is 362 Å². The summed E-state index contributed by atoms with van der Waals surface area (Å²) in [6, 6.07) is 17.0. The van der Waals surface area contributed by atoms with Crippen LogP contribution in [-0.2, 0) is 36.1 Å². The number of aromatic nitrogens is 1. The van der Waals surface area contributed by atoms with Gasteiger partial charge in [-0.05, 0) is 108 Å². The maximum Gasteiger partial charge on any atom is 0.408 e. The molecule has 0 aliphatic carbocycles. The normalized spacial score (nSPS) is 19.9. The molecule has 0 bridgehead atoms. The Kier molecular flexibility index (Phi) is 14.3. The fourth-order valence-corrected chi connectivity index (χ4v) is 9.76. The zero-order valence-corrected chi connectivity index (χ0v) is 37.3. The summed E-state index contributed by atoms with van der Waals surface area (Å²) in [4.78, 5) is 51.9. The van der Waals surface area contributed by atoms with E-state index in [0.29, 0.717) is 48.0 Å². The van der Waals surface area contributed by atoms with Gasteiger partial charge in [-0.3, -0.25) is 19.6 Å². The minimum Gasteiger partial charge on any atom is -0.496 e. The van der Waals surface area contributed by atoms with Gasteiger partial charge in [-0.2, -0.15) is 4.28 Å². The Hall–Kier alpha value is -5.14. The number of aryl methyl sites for hydroxylation is 1. The zero-order chi connectivity index (χ0) is 44.1. The molecule has 2 aliphatic heterocycles.